The second kappa shape index (κ2) is 8.73. The van der Waals surface area contributed by atoms with Crippen LogP contribution in [-0.4, -0.2) is 67.8 Å². The van der Waals surface area contributed by atoms with Gasteiger partial charge in [-0.25, -0.2) is 0 Å². The summed E-state index contributed by atoms with van der Waals surface area (Å²) in [4.78, 5) is 15.3. The van der Waals surface area contributed by atoms with Crippen LogP contribution in [-0.2, 0) is 11.2 Å². The molecule has 1 fully saturated rings. The Hall–Kier alpha value is -2.02. The van der Waals surface area contributed by atoms with Crippen molar-refractivity contribution in [1.29, 1.82) is 0 Å². The molecule has 6 nitrogen and oxygen atoms in total. The lowest BCUT2D eigenvalue weighted by Crippen LogP contribution is -2.52. The van der Waals surface area contributed by atoms with E-state index in [2.05, 4.69) is 10.2 Å². The zero-order valence-electron chi connectivity index (χ0n) is 14.5. The summed E-state index contributed by atoms with van der Waals surface area (Å²) in [7, 11) is 3.26. The first kappa shape index (κ1) is 18.3. The van der Waals surface area contributed by atoms with Crippen molar-refractivity contribution in [2.75, 3.05) is 46.9 Å². The summed E-state index contributed by atoms with van der Waals surface area (Å²) in [6.07, 6.45) is 0.841. The average molecular weight is 351 g/mol. The van der Waals surface area contributed by atoms with Crippen LogP contribution in [0, 0.1) is 0 Å². The largest absolute Gasteiger partial charge is 0.493 e. The number of amides is 1. The summed E-state index contributed by atoms with van der Waals surface area (Å²) in [6.45, 7) is 5.37. The molecule has 0 aromatic heterocycles. The molecule has 7 heteroatoms. The van der Waals surface area contributed by atoms with E-state index in [1.807, 2.05) is 23.1 Å². The molecule has 1 aromatic rings. The molecule has 24 heavy (non-hydrogen) atoms. The van der Waals surface area contributed by atoms with Crippen LogP contribution in [0.3, 0.4) is 0 Å². The number of carbonyl (C=O) groups excluding carboxylic acids is 1. The second-order valence-corrected chi connectivity index (χ2v) is 6.05. The molecule has 0 aliphatic carbocycles. The molecule has 0 unspecified atom stereocenters. The number of nitrogens with one attached hydrogen (secondary N) is 1. The van der Waals surface area contributed by atoms with Crippen molar-refractivity contribution in [1.82, 2.24) is 15.1 Å². The van der Waals surface area contributed by atoms with Crippen LogP contribution in [0.5, 0.6) is 11.5 Å². The molecule has 2 rings (SSSR count). The minimum absolute atomic E-state index is 0.127. The van der Waals surface area contributed by atoms with Gasteiger partial charge >= 0.3 is 0 Å². The highest BCUT2D eigenvalue weighted by Gasteiger charge is 2.19. The van der Waals surface area contributed by atoms with Crippen LogP contribution in [0.25, 0.3) is 0 Å². The van der Waals surface area contributed by atoms with Crippen molar-refractivity contribution in [3.8, 4) is 11.5 Å². The Labute approximate surface area is 148 Å². The maximum Gasteiger partial charge on any atom is 0.219 e. The normalized spacial score (nSPS) is 14.3. The maximum absolute atomic E-state index is 11.3. The minimum atomic E-state index is 0.127. The van der Waals surface area contributed by atoms with E-state index in [1.54, 1.807) is 21.1 Å². The van der Waals surface area contributed by atoms with Gasteiger partial charge in [0.1, 0.15) is 0 Å². The third kappa shape index (κ3) is 4.74. The van der Waals surface area contributed by atoms with Crippen molar-refractivity contribution < 1.29 is 14.3 Å². The average Bonchev–Trinajstić information content (AvgIpc) is 2.61. The Morgan fingerprint density at radius 1 is 1.12 bits per heavy atom. The molecule has 1 N–H and O–H groups in total. The number of hydrogen-bond donors (Lipinski definition) is 1. The molecule has 0 atom stereocenters. The van der Waals surface area contributed by atoms with Crippen molar-refractivity contribution in [3.05, 3.63) is 23.8 Å². The molecule has 1 saturated heterocycles. The van der Waals surface area contributed by atoms with Crippen molar-refractivity contribution in [2.24, 2.45) is 0 Å². The molecule has 1 aromatic carbocycles. The minimum Gasteiger partial charge on any atom is -0.493 e. The summed E-state index contributed by atoms with van der Waals surface area (Å²) in [6, 6.07) is 5.92. The molecule has 0 radical (unpaired) electrons. The van der Waals surface area contributed by atoms with E-state index in [1.165, 1.54) is 0 Å². The van der Waals surface area contributed by atoms with Gasteiger partial charge in [-0.15, -0.1) is 0 Å². The van der Waals surface area contributed by atoms with Gasteiger partial charge in [0, 0.05) is 39.6 Å². The fraction of sp³-hybridized carbons (Fsp3) is 0.529. The number of piperazine rings is 1. The number of benzene rings is 1. The lowest BCUT2D eigenvalue weighted by atomic mass is 10.1. The molecule has 1 heterocycles. The third-order valence-electron chi connectivity index (χ3n) is 4.15. The Morgan fingerprint density at radius 2 is 1.75 bits per heavy atom. The van der Waals surface area contributed by atoms with Gasteiger partial charge in [-0.3, -0.25) is 4.79 Å². The zero-order chi connectivity index (χ0) is 17.5. The van der Waals surface area contributed by atoms with Gasteiger partial charge in [0.25, 0.3) is 0 Å². The SMILES string of the molecule is COc1ccc(CCNC(=S)N2CCN(C(C)=O)CC2)cc1OC. The lowest BCUT2D eigenvalue weighted by molar-refractivity contribution is -0.130. The molecule has 1 aliphatic heterocycles. The summed E-state index contributed by atoms with van der Waals surface area (Å²) in [5, 5.41) is 4.04. The number of nitrogens with zero attached hydrogens (tertiary/aromatic N) is 2. The number of ether oxygens (including phenoxy) is 2. The molecule has 0 saturated carbocycles. The predicted octanol–water partition coefficient (Wildman–Crippen LogP) is 1.28. The van der Waals surface area contributed by atoms with Crippen molar-refractivity contribution in [3.63, 3.8) is 0 Å². The topological polar surface area (TPSA) is 54.0 Å². The molecule has 132 valence electrons. The molecule has 1 amide bonds. The highest BCUT2D eigenvalue weighted by atomic mass is 32.1. The number of methoxy groups -OCH3 is 2. The summed E-state index contributed by atoms with van der Waals surface area (Å²) < 4.78 is 10.6. The number of thiocarbonyl (C=S) groups is 1. The number of carbonyl (C=O) groups is 1. The monoisotopic (exact) mass is 351 g/mol. The second-order valence-electron chi connectivity index (χ2n) is 5.66. The van der Waals surface area contributed by atoms with Gasteiger partial charge < -0.3 is 24.6 Å². The van der Waals surface area contributed by atoms with Crippen LogP contribution < -0.4 is 14.8 Å². The van der Waals surface area contributed by atoms with Gasteiger partial charge in [0.15, 0.2) is 16.6 Å². The van der Waals surface area contributed by atoms with Gasteiger partial charge in [-0.05, 0) is 36.3 Å². The van der Waals surface area contributed by atoms with Crippen LogP contribution in [0.2, 0.25) is 0 Å². The van der Waals surface area contributed by atoms with Crippen molar-refractivity contribution in [2.45, 2.75) is 13.3 Å². The van der Waals surface area contributed by atoms with Crippen LogP contribution in [0.1, 0.15) is 12.5 Å². The standard InChI is InChI=1S/C17H25N3O3S/c1-13(21)19-8-10-20(11-9-19)17(24)18-7-6-14-4-5-15(22-2)16(12-14)23-3/h4-5,12H,6-11H2,1-3H3,(H,18,24). The van der Waals surface area contributed by atoms with Gasteiger partial charge in [0.05, 0.1) is 14.2 Å². The van der Waals surface area contributed by atoms with Crippen LogP contribution in [0.4, 0.5) is 0 Å². The molecule has 0 spiro atoms. The van der Waals surface area contributed by atoms with E-state index in [-0.39, 0.29) is 5.91 Å². The Balaban J connectivity index is 1.78. The summed E-state index contributed by atoms with van der Waals surface area (Å²) in [5.41, 5.74) is 1.16. The number of rotatable bonds is 5. The van der Waals surface area contributed by atoms with E-state index in [0.717, 1.165) is 61.3 Å². The smallest absolute Gasteiger partial charge is 0.219 e. The highest BCUT2D eigenvalue weighted by Crippen LogP contribution is 2.27. The Morgan fingerprint density at radius 3 is 2.33 bits per heavy atom. The van der Waals surface area contributed by atoms with Crippen molar-refractivity contribution >= 4 is 23.2 Å². The summed E-state index contributed by atoms with van der Waals surface area (Å²) >= 11 is 5.45. The highest BCUT2D eigenvalue weighted by molar-refractivity contribution is 7.80. The van der Waals surface area contributed by atoms with Gasteiger partial charge in [-0.1, -0.05) is 6.07 Å². The first-order valence-electron chi connectivity index (χ1n) is 8.04. The quantitative estimate of drug-likeness (QED) is 0.807. The Bertz CT molecular complexity index is 586. The lowest BCUT2D eigenvalue weighted by Gasteiger charge is -2.35. The summed E-state index contributed by atoms with van der Waals surface area (Å²) in [5.74, 6) is 1.59. The predicted molar refractivity (Wildman–Crippen MR) is 97.7 cm³/mol. The van der Waals surface area contributed by atoms with E-state index in [9.17, 15) is 4.79 Å². The zero-order valence-corrected chi connectivity index (χ0v) is 15.3. The fourth-order valence-corrected chi connectivity index (χ4v) is 2.97. The van der Waals surface area contributed by atoms with E-state index >= 15 is 0 Å². The van der Waals surface area contributed by atoms with E-state index < -0.39 is 0 Å². The van der Waals surface area contributed by atoms with E-state index in [4.69, 9.17) is 21.7 Å². The molecule has 1 aliphatic rings. The number of hydrogen-bond acceptors (Lipinski definition) is 4. The molecular weight excluding hydrogens is 326 g/mol. The first-order chi connectivity index (χ1) is 11.5. The van der Waals surface area contributed by atoms with Gasteiger partial charge in [-0.2, -0.15) is 0 Å². The molecular formula is C17H25N3O3S. The maximum atomic E-state index is 11.3. The fourth-order valence-electron chi connectivity index (χ4n) is 2.69. The van der Waals surface area contributed by atoms with E-state index in [0.29, 0.717) is 0 Å². The Kier molecular flexibility index (Phi) is 6.66. The van der Waals surface area contributed by atoms with Gasteiger partial charge in [0.2, 0.25) is 5.91 Å². The first-order valence-corrected chi connectivity index (χ1v) is 8.45. The van der Waals surface area contributed by atoms with Crippen LogP contribution >= 0.6 is 12.2 Å². The third-order valence-corrected chi connectivity index (χ3v) is 4.55. The van der Waals surface area contributed by atoms with Crippen LogP contribution in [0.15, 0.2) is 18.2 Å². The molecule has 0 bridgehead atoms.